The highest BCUT2D eigenvalue weighted by molar-refractivity contribution is 6.23. The lowest BCUT2D eigenvalue weighted by Crippen LogP contribution is -2.41. The minimum atomic E-state index is -0.881. The number of aliphatic hydroxyl groups is 1. The first kappa shape index (κ1) is 17.2. The number of carbonyl (C=O) groups is 2. The van der Waals surface area contributed by atoms with Crippen LogP contribution in [-0.4, -0.2) is 36.3 Å². The lowest BCUT2D eigenvalue weighted by atomic mass is 9.67. The third kappa shape index (κ3) is 3.43. The van der Waals surface area contributed by atoms with Crippen molar-refractivity contribution < 1.29 is 24.3 Å². The Kier molecular flexibility index (Phi) is 5.52. The quantitative estimate of drug-likeness (QED) is 0.478. The summed E-state index contributed by atoms with van der Waals surface area (Å²) in [5, 5.41) is 14.3. The van der Waals surface area contributed by atoms with Crippen molar-refractivity contribution in [2.45, 2.75) is 40.5 Å². The fourth-order valence-corrected chi connectivity index (χ4v) is 2.55. The van der Waals surface area contributed by atoms with Gasteiger partial charge in [0, 0.05) is 6.42 Å². The highest BCUT2D eigenvalue weighted by Gasteiger charge is 2.47. The van der Waals surface area contributed by atoms with Gasteiger partial charge in [0.15, 0.2) is 5.78 Å². The highest BCUT2D eigenvalue weighted by Crippen LogP contribution is 2.42. The monoisotopic (exact) mass is 297 g/mol. The zero-order valence-corrected chi connectivity index (χ0v) is 13.2. The Morgan fingerprint density at radius 2 is 2.05 bits per heavy atom. The number of aliphatic hydroxyl groups excluding tert-OH is 1. The van der Waals surface area contributed by atoms with Crippen LogP contribution in [0, 0.1) is 11.3 Å². The first-order chi connectivity index (χ1) is 9.80. The summed E-state index contributed by atoms with van der Waals surface area (Å²) >= 11 is 0. The number of methoxy groups -OCH3 is 1. The molecule has 0 aliphatic heterocycles. The van der Waals surface area contributed by atoms with Crippen LogP contribution in [0.1, 0.15) is 40.5 Å². The van der Waals surface area contributed by atoms with E-state index in [1.807, 2.05) is 0 Å². The number of ether oxygens (including phenoxy) is 1. The van der Waals surface area contributed by atoms with Crippen LogP contribution in [0.25, 0.3) is 0 Å². The van der Waals surface area contributed by atoms with Crippen molar-refractivity contribution in [1.29, 1.82) is 0 Å². The third-order valence-electron chi connectivity index (χ3n) is 3.57. The van der Waals surface area contributed by atoms with E-state index in [-0.39, 0.29) is 23.5 Å². The van der Waals surface area contributed by atoms with E-state index in [0.29, 0.717) is 18.7 Å². The Morgan fingerprint density at radius 3 is 2.52 bits per heavy atom. The highest BCUT2D eigenvalue weighted by atomic mass is 16.6. The molecule has 6 heteroatoms. The van der Waals surface area contributed by atoms with Gasteiger partial charge < -0.3 is 14.7 Å². The second-order valence-electron chi connectivity index (χ2n) is 5.61. The van der Waals surface area contributed by atoms with Crippen molar-refractivity contribution in [2.75, 3.05) is 13.7 Å². The molecule has 1 unspecified atom stereocenters. The van der Waals surface area contributed by atoms with Crippen molar-refractivity contribution >= 4 is 17.5 Å². The number of nitrogens with zero attached hydrogens (tertiary/aromatic N) is 1. The van der Waals surface area contributed by atoms with Gasteiger partial charge in [-0.15, -0.1) is 0 Å². The number of oxime groups is 1. The second kappa shape index (κ2) is 6.74. The van der Waals surface area contributed by atoms with Crippen LogP contribution in [0.15, 0.2) is 16.5 Å². The maximum Gasteiger partial charge on any atom is 0.316 e. The van der Waals surface area contributed by atoms with Crippen molar-refractivity contribution in [3.63, 3.8) is 0 Å². The van der Waals surface area contributed by atoms with Crippen LogP contribution in [-0.2, 0) is 19.2 Å². The van der Waals surface area contributed by atoms with Gasteiger partial charge in [-0.1, -0.05) is 25.9 Å². The molecule has 6 nitrogen and oxygen atoms in total. The van der Waals surface area contributed by atoms with E-state index in [1.54, 1.807) is 27.7 Å². The number of hydrogen-bond donors (Lipinski definition) is 1. The third-order valence-corrected chi connectivity index (χ3v) is 3.57. The van der Waals surface area contributed by atoms with E-state index in [4.69, 9.17) is 9.57 Å². The fourth-order valence-electron chi connectivity index (χ4n) is 2.55. The summed E-state index contributed by atoms with van der Waals surface area (Å²) in [5.41, 5.74) is -0.271. The van der Waals surface area contributed by atoms with Crippen LogP contribution in [0.4, 0.5) is 0 Å². The molecule has 0 heterocycles. The molecular weight excluding hydrogens is 274 g/mol. The van der Waals surface area contributed by atoms with E-state index in [9.17, 15) is 14.7 Å². The van der Waals surface area contributed by atoms with Gasteiger partial charge in [0.05, 0.1) is 18.4 Å². The lowest BCUT2D eigenvalue weighted by molar-refractivity contribution is -0.150. The lowest BCUT2D eigenvalue weighted by Gasteiger charge is -2.36. The van der Waals surface area contributed by atoms with E-state index >= 15 is 0 Å². The molecule has 0 fully saturated rings. The smallest absolute Gasteiger partial charge is 0.316 e. The van der Waals surface area contributed by atoms with Crippen LogP contribution < -0.4 is 0 Å². The fraction of sp³-hybridized carbons (Fsp3) is 0.667. The van der Waals surface area contributed by atoms with Gasteiger partial charge in [0.25, 0.3) is 0 Å². The first-order valence-corrected chi connectivity index (χ1v) is 7.03. The van der Waals surface area contributed by atoms with Gasteiger partial charge in [0.1, 0.15) is 18.3 Å². The molecule has 0 bridgehead atoms. The maximum absolute atomic E-state index is 12.3. The summed E-state index contributed by atoms with van der Waals surface area (Å²) < 4.78 is 4.76. The molecule has 0 radical (unpaired) electrons. The summed E-state index contributed by atoms with van der Waals surface area (Å²) in [5.74, 6) is -1.95. The molecule has 0 aromatic carbocycles. The van der Waals surface area contributed by atoms with Crippen LogP contribution in [0.2, 0.25) is 0 Å². The zero-order valence-electron chi connectivity index (χ0n) is 13.2. The number of allylic oxidation sites excluding steroid dienone is 1. The van der Waals surface area contributed by atoms with Crippen LogP contribution in [0.3, 0.4) is 0 Å². The Labute approximate surface area is 124 Å². The molecule has 0 spiro atoms. The largest absolute Gasteiger partial charge is 0.511 e. The number of ketones is 1. The predicted molar refractivity (Wildman–Crippen MR) is 77.9 cm³/mol. The summed E-state index contributed by atoms with van der Waals surface area (Å²) in [7, 11) is 1.26. The Hall–Kier alpha value is -1.85. The van der Waals surface area contributed by atoms with E-state index in [0.717, 1.165) is 0 Å². The minimum absolute atomic E-state index is 0.0840. The summed E-state index contributed by atoms with van der Waals surface area (Å²) in [6.45, 7) is 7.44. The molecule has 0 saturated carbocycles. The van der Waals surface area contributed by atoms with Gasteiger partial charge in [-0.3, -0.25) is 9.59 Å². The Bertz CT molecular complexity index is 490. The number of rotatable bonds is 5. The van der Waals surface area contributed by atoms with Gasteiger partial charge in [0.2, 0.25) is 0 Å². The molecular formula is C15H23NO5. The standard InChI is InChI=1S/C15H23NO5/c1-6-9(16-21-7-2)11-10(17)8-15(3,4)12(13(11)18)14(19)20-5/h12,18H,6-8H2,1-5H3/b16-9+. The van der Waals surface area contributed by atoms with Crippen molar-refractivity contribution in [3.8, 4) is 0 Å². The molecule has 0 amide bonds. The maximum atomic E-state index is 12.3. The van der Waals surface area contributed by atoms with Crippen molar-refractivity contribution in [3.05, 3.63) is 11.3 Å². The average molecular weight is 297 g/mol. The minimum Gasteiger partial charge on any atom is -0.511 e. The number of esters is 1. The molecule has 1 aliphatic rings. The predicted octanol–water partition coefficient (Wildman–Crippen LogP) is 2.39. The number of Topliss-reactive ketones (excluding diaryl/α,β-unsaturated/α-hetero) is 1. The van der Waals surface area contributed by atoms with Crippen molar-refractivity contribution in [2.24, 2.45) is 16.5 Å². The topological polar surface area (TPSA) is 85.2 Å². The van der Waals surface area contributed by atoms with Crippen molar-refractivity contribution in [1.82, 2.24) is 0 Å². The molecule has 0 aromatic rings. The average Bonchev–Trinajstić information content (AvgIpc) is 2.40. The normalized spacial score (nSPS) is 22.2. The number of carbonyl (C=O) groups excluding carboxylic acids is 2. The molecule has 21 heavy (non-hydrogen) atoms. The van der Waals surface area contributed by atoms with Gasteiger partial charge in [-0.25, -0.2) is 0 Å². The Morgan fingerprint density at radius 1 is 1.43 bits per heavy atom. The molecule has 1 aliphatic carbocycles. The SMILES string of the molecule is CCO/N=C(\CC)C1=C(O)C(C(=O)OC)C(C)(C)CC1=O. The molecule has 118 valence electrons. The molecule has 1 atom stereocenters. The summed E-state index contributed by atoms with van der Waals surface area (Å²) in [6, 6.07) is 0. The zero-order chi connectivity index (χ0) is 16.2. The van der Waals surface area contributed by atoms with Gasteiger partial charge in [-0.2, -0.15) is 0 Å². The molecule has 1 N–H and O–H groups in total. The molecule has 1 rings (SSSR count). The van der Waals surface area contributed by atoms with E-state index in [1.165, 1.54) is 7.11 Å². The van der Waals surface area contributed by atoms with E-state index < -0.39 is 17.3 Å². The first-order valence-electron chi connectivity index (χ1n) is 7.03. The van der Waals surface area contributed by atoms with Gasteiger partial charge >= 0.3 is 5.97 Å². The summed E-state index contributed by atoms with van der Waals surface area (Å²) in [4.78, 5) is 29.3. The molecule has 0 aromatic heterocycles. The van der Waals surface area contributed by atoms with Crippen LogP contribution >= 0.6 is 0 Å². The number of hydrogen-bond acceptors (Lipinski definition) is 6. The van der Waals surface area contributed by atoms with Gasteiger partial charge in [-0.05, 0) is 18.8 Å². The summed E-state index contributed by atoms with van der Waals surface area (Å²) in [6.07, 6.45) is 0.552. The van der Waals surface area contributed by atoms with Crippen LogP contribution in [0.5, 0.6) is 0 Å². The van der Waals surface area contributed by atoms with E-state index in [2.05, 4.69) is 5.16 Å². The second-order valence-corrected chi connectivity index (χ2v) is 5.61. The molecule has 0 saturated heterocycles. The Balaban J connectivity index is 3.39.